The molecule has 0 saturated carbocycles. The van der Waals surface area contributed by atoms with Crippen molar-refractivity contribution in [3.63, 3.8) is 0 Å². The lowest BCUT2D eigenvalue weighted by Crippen LogP contribution is -2.06. The van der Waals surface area contributed by atoms with Crippen molar-refractivity contribution in [2.24, 2.45) is 0 Å². The summed E-state index contributed by atoms with van der Waals surface area (Å²) < 4.78 is 0. The number of H-pyrrole nitrogens is 1. The monoisotopic (exact) mass is 400 g/mol. The normalized spacial score (nSPS) is 10.8. The topological polar surface area (TPSA) is 165 Å². The molecule has 0 spiro atoms. The van der Waals surface area contributed by atoms with Gasteiger partial charge < -0.3 is 15.6 Å². The SMILES string of the molecule is O=[N+]([O-])c1ccc(NCCCCCCNc2ncnc3nc[nH]c23)c([N+](=O)[O-])c1. The Hall–Kier alpha value is -3.83. The second-order valence-electron chi connectivity index (χ2n) is 6.31. The zero-order chi connectivity index (χ0) is 20.6. The van der Waals surface area contributed by atoms with Crippen LogP contribution in [0.5, 0.6) is 0 Å². The van der Waals surface area contributed by atoms with Crippen molar-refractivity contribution < 1.29 is 9.85 Å². The van der Waals surface area contributed by atoms with Crippen molar-refractivity contribution in [2.45, 2.75) is 25.7 Å². The molecular formula is C17H20N8O4. The number of anilines is 2. The number of nitro groups is 2. The molecule has 0 bridgehead atoms. The van der Waals surface area contributed by atoms with E-state index in [1.807, 2.05) is 0 Å². The summed E-state index contributed by atoms with van der Waals surface area (Å²) in [5.41, 5.74) is 1.09. The molecule has 1 aromatic carbocycles. The molecule has 0 atom stereocenters. The van der Waals surface area contributed by atoms with E-state index in [2.05, 4.69) is 30.6 Å². The van der Waals surface area contributed by atoms with Crippen LogP contribution < -0.4 is 10.6 Å². The van der Waals surface area contributed by atoms with Crippen molar-refractivity contribution in [2.75, 3.05) is 23.7 Å². The van der Waals surface area contributed by atoms with E-state index in [0.29, 0.717) is 12.2 Å². The quantitative estimate of drug-likeness (QED) is 0.249. The van der Waals surface area contributed by atoms with Gasteiger partial charge in [-0.1, -0.05) is 12.8 Å². The molecule has 29 heavy (non-hydrogen) atoms. The Morgan fingerprint density at radius 1 is 0.931 bits per heavy atom. The molecule has 0 aliphatic heterocycles. The Labute approximate surface area is 165 Å². The van der Waals surface area contributed by atoms with E-state index < -0.39 is 9.85 Å². The van der Waals surface area contributed by atoms with Crippen molar-refractivity contribution in [1.82, 2.24) is 19.9 Å². The highest BCUT2D eigenvalue weighted by Gasteiger charge is 2.18. The number of nitro benzene ring substituents is 2. The fraction of sp³-hybridized carbons (Fsp3) is 0.353. The van der Waals surface area contributed by atoms with E-state index in [-0.39, 0.29) is 17.1 Å². The number of fused-ring (bicyclic) bond motifs is 1. The maximum atomic E-state index is 11.1. The fourth-order valence-corrected chi connectivity index (χ4v) is 2.87. The summed E-state index contributed by atoms with van der Waals surface area (Å²) in [5.74, 6) is 0.722. The Morgan fingerprint density at radius 2 is 1.69 bits per heavy atom. The molecule has 2 heterocycles. The van der Waals surface area contributed by atoms with Gasteiger partial charge in [0.25, 0.3) is 11.4 Å². The minimum absolute atomic E-state index is 0.287. The molecule has 2 aromatic heterocycles. The minimum Gasteiger partial charge on any atom is -0.379 e. The first kappa shape index (κ1) is 19.9. The largest absolute Gasteiger partial charge is 0.379 e. The lowest BCUT2D eigenvalue weighted by atomic mass is 10.2. The second kappa shape index (κ2) is 9.39. The van der Waals surface area contributed by atoms with Gasteiger partial charge in [-0.15, -0.1) is 0 Å². The highest BCUT2D eigenvalue weighted by Crippen LogP contribution is 2.28. The first-order valence-electron chi connectivity index (χ1n) is 9.11. The Balaban J connectivity index is 1.36. The Bertz CT molecular complexity index is 1010. The van der Waals surface area contributed by atoms with Crippen LogP contribution in [0.25, 0.3) is 11.2 Å². The number of hydrogen-bond acceptors (Lipinski definition) is 9. The van der Waals surface area contributed by atoms with E-state index in [9.17, 15) is 20.2 Å². The highest BCUT2D eigenvalue weighted by atomic mass is 16.6. The van der Waals surface area contributed by atoms with Crippen LogP contribution in [0.15, 0.2) is 30.9 Å². The first-order valence-corrected chi connectivity index (χ1v) is 9.11. The zero-order valence-electron chi connectivity index (χ0n) is 15.5. The van der Waals surface area contributed by atoms with E-state index in [1.54, 1.807) is 6.33 Å². The number of non-ortho nitro benzene ring substituents is 1. The molecule has 0 aliphatic carbocycles. The number of aromatic amines is 1. The smallest absolute Gasteiger partial charge is 0.299 e. The molecule has 12 nitrogen and oxygen atoms in total. The van der Waals surface area contributed by atoms with E-state index in [1.165, 1.54) is 18.5 Å². The summed E-state index contributed by atoms with van der Waals surface area (Å²) in [6.45, 7) is 1.30. The van der Waals surface area contributed by atoms with Gasteiger partial charge in [-0.2, -0.15) is 0 Å². The molecule has 3 N–H and O–H groups in total. The highest BCUT2D eigenvalue weighted by molar-refractivity contribution is 5.81. The number of nitrogens with zero attached hydrogens (tertiary/aromatic N) is 5. The molecule has 3 rings (SSSR count). The lowest BCUT2D eigenvalue weighted by Gasteiger charge is -2.08. The molecule has 0 saturated heterocycles. The van der Waals surface area contributed by atoms with Crippen LogP contribution in [0.4, 0.5) is 22.9 Å². The summed E-state index contributed by atoms with van der Waals surface area (Å²) >= 11 is 0. The van der Waals surface area contributed by atoms with Gasteiger partial charge in [-0.3, -0.25) is 20.2 Å². The van der Waals surface area contributed by atoms with Crippen molar-refractivity contribution in [1.29, 1.82) is 0 Å². The average molecular weight is 400 g/mol. The van der Waals surface area contributed by atoms with Gasteiger partial charge in [-0.05, 0) is 18.9 Å². The maximum Gasteiger partial charge on any atom is 0.299 e. The van der Waals surface area contributed by atoms with Gasteiger partial charge in [0.05, 0.1) is 22.2 Å². The predicted octanol–water partition coefficient (Wildman–Crippen LogP) is 3.25. The molecule has 0 amide bonds. The minimum atomic E-state index is -0.649. The lowest BCUT2D eigenvalue weighted by molar-refractivity contribution is -0.393. The number of imidazole rings is 1. The number of rotatable bonds is 11. The predicted molar refractivity (Wildman–Crippen MR) is 107 cm³/mol. The first-order chi connectivity index (χ1) is 14.1. The number of nitrogens with one attached hydrogen (secondary N) is 3. The summed E-state index contributed by atoms with van der Waals surface area (Å²) in [5, 5.41) is 28.1. The number of unbranched alkanes of at least 4 members (excludes halogenated alkanes) is 3. The van der Waals surface area contributed by atoms with Crippen LogP contribution in [0.3, 0.4) is 0 Å². The average Bonchev–Trinajstić information content (AvgIpc) is 3.19. The fourth-order valence-electron chi connectivity index (χ4n) is 2.87. The molecule has 0 radical (unpaired) electrons. The van der Waals surface area contributed by atoms with Gasteiger partial charge >= 0.3 is 0 Å². The van der Waals surface area contributed by atoms with Crippen molar-refractivity contribution in [3.8, 4) is 0 Å². The van der Waals surface area contributed by atoms with Gasteiger partial charge in [-0.25, -0.2) is 15.0 Å². The summed E-state index contributed by atoms with van der Waals surface area (Å²) in [4.78, 5) is 35.9. The van der Waals surface area contributed by atoms with Crippen LogP contribution >= 0.6 is 0 Å². The zero-order valence-corrected chi connectivity index (χ0v) is 15.5. The molecule has 152 valence electrons. The summed E-state index contributed by atoms with van der Waals surface area (Å²) in [7, 11) is 0. The van der Waals surface area contributed by atoms with Crippen molar-refractivity contribution in [3.05, 3.63) is 51.1 Å². The number of aromatic nitrogens is 4. The Kier molecular flexibility index (Phi) is 6.45. The van der Waals surface area contributed by atoms with Crippen molar-refractivity contribution >= 4 is 34.0 Å². The number of benzene rings is 1. The summed E-state index contributed by atoms with van der Waals surface area (Å²) in [6.07, 6.45) is 6.73. The van der Waals surface area contributed by atoms with Crippen LogP contribution in [0.2, 0.25) is 0 Å². The molecule has 0 unspecified atom stereocenters. The van der Waals surface area contributed by atoms with E-state index in [0.717, 1.165) is 49.6 Å². The van der Waals surface area contributed by atoms with E-state index in [4.69, 9.17) is 0 Å². The standard InChI is InChI=1S/C17H20N8O4/c26-24(27)12-5-6-13(14(9-12)25(28)29)18-7-3-1-2-4-8-19-16-15-17(21-10-20-15)23-11-22-16/h5-6,9-11,18H,1-4,7-8H2,(H2,19,20,21,22,23). The van der Waals surface area contributed by atoms with Crippen LogP contribution in [0, 0.1) is 20.2 Å². The maximum absolute atomic E-state index is 11.1. The molecular weight excluding hydrogens is 380 g/mol. The van der Waals surface area contributed by atoms with Gasteiger partial charge in [0.15, 0.2) is 11.5 Å². The Morgan fingerprint density at radius 3 is 2.41 bits per heavy atom. The van der Waals surface area contributed by atoms with E-state index >= 15 is 0 Å². The van der Waals surface area contributed by atoms with Gasteiger partial charge in [0, 0.05) is 19.2 Å². The van der Waals surface area contributed by atoms with Crippen LogP contribution in [-0.2, 0) is 0 Å². The molecule has 0 aliphatic rings. The van der Waals surface area contributed by atoms with Gasteiger partial charge in [0.2, 0.25) is 0 Å². The third-order valence-corrected chi connectivity index (χ3v) is 4.32. The number of hydrogen-bond donors (Lipinski definition) is 3. The third kappa shape index (κ3) is 5.12. The molecule has 3 aromatic rings. The second-order valence-corrected chi connectivity index (χ2v) is 6.31. The molecule has 0 fully saturated rings. The third-order valence-electron chi connectivity index (χ3n) is 4.32. The van der Waals surface area contributed by atoms with Crippen LogP contribution in [0.1, 0.15) is 25.7 Å². The summed E-state index contributed by atoms with van der Waals surface area (Å²) in [6, 6.07) is 3.60. The van der Waals surface area contributed by atoms with Crippen LogP contribution in [-0.4, -0.2) is 42.9 Å². The van der Waals surface area contributed by atoms with Gasteiger partial charge in [0.1, 0.15) is 17.5 Å². The molecule has 12 heteroatoms.